The fourth-order valence-electron chi connectivity index (χ4n) is 13.3. The molecule has 4 aliphatic carbocycles. The van der Waals surface area contributed by atoms with Crippen LogP contribution in [0.3, 0.4) is 0 Å². The number of aliphatic hydroxyl groups is 8. The summed E-state index contributed by atoms with van der Waals surface area (Å²) in [6.07, 6.45) is 3.98. The summed E-state index contributed by atoms with van der Waals surface area (Å²) < 4.78 is 17.5. The summed E-state index contributed by atoms with van der Waals surface area (Å²) in [6.45, 7) is -1.43. The second kappa shape index (κ2) is 19.8. The van der Waals surface area contributed by atoms with Crippen LogP contribution in [0.5, 0.6) is 17.2 Å². The van der Waals surface area contributed by atoms with E-state index in [9.17, 15) is 55.5 Å². The highest BCUT2D eigenvalue weighted by Crippen LogP contribution is 2.67. The number of fused-ring (bicyclic) bond motifs is 3. The summed E-state index contributed by atoms with van der Waals surface area (Å²) in [4.78, 5) is 61.9. The Morgan fingerprint density at radius 2 is 1.74 bits per heavy atom. The van der Waals surface area contributed by atoms with E-state index in [1.165, 1.54) is 20.2 Å². The van der Waals surface area contributed by atoms with Gasteiger partial charge in [0.25, 0.3) is 17.6 Å². The number of carbonyl (C=O) groups is 4. The SMILES string of the molecule is CN=C(N)NC1CC2C=CC3(C4=CNC(N)C=C4)C(CCO)CCc4c5c(c(O)c1c4C23)C(=O)c1c(OC2OC(O)(C(O)O)C(O)(CC(CN3C(=O)C=CC3=O)C3=CCNC(N)=C3)C(O)C2O)cc(OC)c(CO)c1C5=O. The summed E-state index contributed by atoms with van der Waals surface area (Å²) in [7, 11) is 2.67. The first-order chi connectivity index (χ1) is 36.7. The number of aromatic hydroxyl groups is 1. The first-order valence-corrected chi connectivity index (χ1v) is 25.2. The number of carbonyl (C=O) groups excluding carboxylic acids is 4. The molecule has 8 aliphatic rings. The number of guanidine groups is 1. The Kier molecular flexibility index (Phi) is 13.7. The predicted molar refractivity (Wildman–Crippen MR) is 270 cm³/mol. The molecule has 0 aromatic heterocycles. The summed E-state index contributed by atoms with van der Waals surface area (Å²) in [5.74, 6) is -10.5. The lowest BCUT2D eigenvalue weighted by molar-refractivity contribution is -0.456. The number of imide groups is 1. The summed E-state index contributed by atoms with van der Waals surface area (Å²) in [5.41, 5.74) is 15.0. The molecular formula is C53H62N8O16. The third-order valence-electron chi connectivity index (χ3n) is 16.8. The van der Waals surface area contributed by atoms with E-state index in [2.05, 4.69) is 33.1 Å². The number of allylic oxidation sites excluding steroid dienone is 5. The van der Waals surface area contributed by atoms with Gasteiger partial charge in [-0.1, -0.05) is 24.3 Å². The number of hydrogen-bond acceptors (Lipinski definition) is 21. The van der Waals surface area contributed by atoms with Crippen LogP contribution in [-0.4, -0.2) is 156 Å². The maximum atomic E-state index is 15.8. The third-order valence-corrected chi connectivity index (χ3v) is 16.8. The molecule has 77 heavy (non-hydrogen) atoms. The number of ether oxygens (including phenoxy) is 3. The van der Waals surface area contributed by atoms with Gasteiger partial charge >= 0.3 is 0 Å². The van der Waals surface area contributed by atoms with Gasteiger partial charge in [-0.3, -0.25) is 29.1 Å². The molecule has 4 heterocycles. The number of phenolic OH excluding ortho intramolecular Hbond substituents is 1. The lowest BCUT2D eigenvalue weighted by Crippen LogP contribution is -2.77. The van der Waals surface area contributed by atoms with Gasteiger partial charge in [-0.05, 0) is 78.4 Å². The maximum absolute atomic E-state index is 15.8. The molecule has 12 atom stereocenters. The minimum atomic E-state index is -3.69. The van der Waals surface area contributed by atoms with Crippen LogP contribution >= 0.6 is 0 Å². The van der Waals surface area contributed by atoms with Gasteiger partial charge in [0, 0.05) is 90.7 Å². The fraction of sp³-hybridized carbons (Fsp3) is 0.453. The molecule has 2 amide bonds. The number of nitrogens with zero attached hydrogens (tertiary/aromatic N) is 2. The van der Waals surface area contributed by atoms with Gasteiger partial charge in [0.1, 0.15) is 29.5 Å². The molecule has 0 saturated carbocycles. The van der Waals surface area contributed by atoms with Gasteiger partial charge in [0.05, 0.1) is 42.9 Å². The van der Waals surface area contributed by atoms with E-state index in [4.69, 9.17) is 31.4 Å². The molecular weight excluding hydrogens is 1000 g/mol. The van der Waals surface area contributed by atoms with Crippen LogP contribution in [0.15, 0.2) is 82.8 Å². The van der Waals surface area contributed by atoms with E-state index < -0.39 is 137 Å². The smallest absolute Gasteiger partial charge is 0.253 e. The van der Waals surface area contributed by atoms with E-state index in [0.29, 0.717) is 30.4 Å². The zero-order valence-electron chi connectivity index (χ0n) is 41.9. The van der Waals surface area contributed by atoms with Crippen molar-refractivity contribution >= 4 is 29.3 Å². The minimum absolute atomic E-state index is 0.0150. The zero-order valence-corrected chi connectivity index (χ0v) is 41.9. The normalized spacial score (nSPS) is 32.4. The maximum Gasteiger partial charge on any atom is 0.253 e. The van der Waals surface area contributed by atoms with Crippen LogP contribution in [0, 0.1) is 23.2 Å². The lowest BCUT2D eigenvalue weighted by atomic mass is 9.56. The van der Waals surface area contributed by atoms with E-state index in [-0.39, 0.29) is 71.2 Å². The highest BCUT2D eigenvalue weighted by molar-refractivity contribution is 6.31. The average molecular weight is 1070 g/mol. The quantitative estimate of drug-likeness (QED) is 0.0264. The number of dihydropyridines is 2. The largest absolute Gasteiger partial charge is 0.507 e. The van der Waals surface area contributed by atoms with Crippen molar-refractivity contribution in [1.29, 1.82) is 0 Å². The van der Waals surface area contributed by atoms with Crippen LogP contribution in [-0.2, 0) is 27.4 Å². The van der Waals surface area contributed by atoms with Gasteiger partial charge in [0.15, 0.2) is 17.3 Å². The van der Waals surface area contributed by atoms with Crippen LogP contribution in [0.25, 0.3) is 0 Å². The molecule has 24 nitrogen and oxygen atoms in total. The first-order valence-electron chi connectivity index (χ1n) is 25.2. The minimum Gasteiger partial charge on any atom is -0.507 e. The van der Waals surface area contributed by atoms with Gasteiger partial charge < -0.3 is 93.3 Å². The fourth-order valence-corrected chi connectivity index (χ4v) is 13.3. The van der Waals surface area contributed by atoms with Crippen molar-refractivity contribution in [3.8, 4) is 17.2 Å². The number of phenols is 1. The summed E-state index contributed by atoms with van der Waals surface area (Å²) in [6, 6.07) is 0.259. The van der Waals surface area contributed by atoms with E-state index in [0.717, 1.165) is 28.7 Å². The number of rotatable bonds is 14. The number of aliphatic hydroxyl groups excluding tert-OH is 5. The number of hydrogen-bond donors (Lipinski definition) is 15. The second-order valence-corrected chi connectivity index (χ2v) is 20.6. The van der Waals surface area contributed by atoms with Crippen molar-refractivity contribution in [2.24, 2.45) is 45.4 Å². The van der Waals surface area contributed by atoms with Gasteiger partial charge in [-0.25, -0.2) is 0 Å². The Bertz CT molecular complexity index is 3060. The van der Waals surface area contributed by atoms with Crippen molar-refractivity contribution in [3.05, 3.63) is 122 Å². The molecule has 0 spiro atoms. The predicted octanol–water partition coefficient (Wildman–Crippen LogP) is -2.38. The molecule has 4 aliphatic heterocycles. The zero-order chi connectivity index (χ0) is 55.2. The Morgan fingerprint density at radius 1 is 1.01 bits per heavy atom. The van der Waals surface area contributed by atoms with Crippen molar-refractivity contribution in [2.45, 2.75) is 93.0 Å². The molecule has 0 radical (unpaired) electrons. The Hall–Kier alpha value is -6.97. The number of nitrogens with one attached hydrogen (secondary N) is 3. The standard InChI is InChI=1S/C53H62N8O16/c1-57-50(56)60-29-15-23-9-12-51(26-4-6-32(54)59-19-26)25(11-14-62)3-5-27-36(42(23)51)39(29)44(67)41-37(27)43(66)38-28(21-63)30(75-2)17-31(40(38)45(41)68)76-48-46(69)47(70)52(73,53(74,77-48)49(71)72)18-24(22-10-13-58-33(55)16-22)20-61-34(64)7-8-35(61)65/h4,6-10,12,16-17,19,23-25,29,32,42,46-49,58-59,62-63,67,69-74H,3,5,11,13-15,18,20-21,54-55H2,1-2H3,(H3,56,57,60). The average Bonchev–Trinajstić information content (AvgIpc) is 4.16. The highest BCUT2D eigenvalue weighted by Gasteiger charge is 2.68. The monoisotopic (exact) mass is 1070 g/mol. The Balaban J connectivity index is 1.10. The molecule has 2 aromatic carbocycles. The van der Waals surface area contributed by atoms with Crippen molar-refractivity contribution in [2.75, 3.05) is 33.9 Å². The molecule has 2 aromatic rings. The number of aliphatic imine (C=N–C) groups is 1. The number of nitrogens with two attached hydrogens (primary N) is 3. The number of benzene rings is 2. The van der Waals surface area contributed by atoms with E-state index in [1.807, 2.05) is 18.4 Å². The van der Waals surface area contributed by atoms with Gasteiger partial charge in [0.2, 0.25) is 18.4 Å². The van der Waals surface area contributed by atoms with E-state index >= 15 is 9.59 Å². The Labute approximate surface area is 440 Å². The first kappa shape index (κ1) is 53.4. The molecule has 10 rings (SSSR count). The third kappa shape index (κ3) is 8.15. The number of ketones is 2. The molecule has 1 saturated heterocycles. The molecule has 1 fully saturated rings. The summed E-state index contributed by atoms with van der Waals surface area (Å²) >= 11 is 0. The molecule has 24 heteroatoms. The van der Waals surface area contributed by atoms with Gasteiger partial charge in [-0.15, -0.1) is 0 Å². The van der Waals surface area contributed by atoms with Crippen molar-refractivity contribution < 1.29 is 79.3 Å². The second-order valence-electron chi connectivity index (χ2n) is 20.6. The lowest BCUT2D eigenvalue weighted by Gasteiger charge is -2.54. The topological polar surface area (TPSA) is 408 Å². The number of amides is 2. The van der Waals surface area contributed by atoms with Crippen molar-refractivity contribution in [3.63, 3.8) is 0 Å². The molecule has 12 unspecified atom stereocenters. The molecule has 410 valence electrons. The Morgan fingerprint density at radius 3 is 2.38 bits per heavy atom. The summed E-state index contributed by atoms with van der Waals surface area (Å²) in [5, 5.41) is 114. The van der Waals surface area contributed by atoms with Crippen LogP contribution < -0.4 is 42.6 Å². The van der Waals surface area contributed by atoms with Crippen LogP contribution in [0.1, 0.15) is 91.7 Å². The highest BCUT2D eigenvalue weighted by atomic mass is 16.8. The van der Waals surface area contributed by atoms with Crippen molar-refractivity contribution in [1.82, 2.24) is 20.9 Å². The van der Waals surface area contributed by atoms with Gasteiger partial charge in [-0.2, -0.15) is 0 Å². The number of methoxy groups -OCH3 is 1. The van der Waals surface area contributed by atoms with E-state index in [1.54, 1.807) is 6.08 Å². The van der Waals surface area contributed by atoms with Crippen LogP contribution in [0.4, 0.5) is 0 Å². The van der Waals surface area contributed by atoms with Crippen LogP contribution in [0.2, 0.25) is 0 Å². The molecule has 0 bridgehead atoms. The molecule has 18 N–H and O–H groups in total.